The number of rotatable bonds is 7. The number of alkyl halides is 1. The van der Waals surface area contributed by atoms with Gasteiger partial charge in [-0.05, 0) is 19.3 Å². The maximum atomic E-state index is 11.3. The Morgan fingerprint density at radius 3 is 2.40 bits per heavy atom. The molecule has 0 saturated carbocycles. The van der Waals surface area contributed by atoms with Crippen LogP contribution in [0.3, 0.4) is 0 Å². The second-order valence-corrected chi connectivity index (χ2v) is 6.73. The molecule has 0 rings (SSSR count). The summed E-state index contributed by atoms with van der Waals surface area (Å²) in [5, 5.41) is 9.86. The van der Waals surface area contributed by atoms with Crippen molar-refractivity contribution in [1.82, 2.24) is 4.72 Å². The predicted octanol–water partition coefficient (Wildman–Crippen LogP) is 0.942. The molecule has 0 aliphatic rings. The molecular weight excluding hydrogens is 238 g/mol. The lowest BCUT2D eigenvalue weighted by Gasteiger charge is -2.25. The van der Waals surface area contributed by atoms with E-state index >= 15 is 0 Å². The lowest BCUT2D eigenvalue weighted by Crippen LogP contribution is -2.42. The fourth-order valence-corrected chi connectivity index (χ4v) is 2.88. The minimum absolute atomic E-state index is 0.0321. The molecule has 0 bridgehead atoms. The van der Waals surface area contributed by atoms with Gasteiger partial charge in [-0.25, -0.2) is 13.1 Å². The first kappa shape index (κ1) is 15.2. The Hall–Kier alpha value is 0.160. The molecule has 0 amide bonds. The van der Waals surface area contributed by atoms with Crippen LogP contribution in [0.1, 0.15) is 27.2 Å². The molecule has 1 unspecified atom stereocenters. The SMILES string of the molecule is CC(C)CC(C)(O)CNS(=O)(=O)CCCl. The molecule has 1 atom stereocenters. The lowest BCUT2D eigenvalue weighted by molar-refractivity contribution is 0.0437. The summed E-state index contributed by atoms with van der Waals surface area (Å²) in [5.41, 5.74) is -1.01. The van der Waals surface area contributed by atoms with Crippen LogP contribution in [-0.2, 0) is 10.0 Å². The molecule has 0 aromatic carbocycles. The van der Waals surface area contributed by atoms with Crippen LogP contribution < -0.4 is 4.72 Å². The Bertz CT molecular complexity index is 275. The zero-order valence-corrected chi connectivity index (χ0v) is 11.0. The zero-order valence-electron chi connectivity index (χ0n) is 9.46. The Kier molecular flexibility index (Phi) is 6.10. The molecule has 0 radical (unpaired) electrons. The monoisotopic (exact) mass is 257 g/mol. The molecule has 0 spiro atoms. The smallest absolute Gasteiger partial charge is 0.212 e. The van der Waals surface area contributed by atoms with Crippen molar-refractivity contribution in [3.63, 3.8) is 0 Å². The molecule has 0 aromatic heterocycles. The van der Waals surface area contributed by atoms with E-state index in [1.807, 2.05) is 13.8 Å². The number of sulfonamides is 1. The molecule has 0 fully saturated rings. The van der Waals surface area contributed by atoms with Crippen molar-refractivity contribution in [2.45, 2.75) is 32.8 Å². The fourth-order valence-electron chi connectivity index (χ4n) is 1.39. The quantitative estimate of drug-likeness (QED) is 0.667. The Morgan fingerprint density at radius 2 is 2.00 bits per heavy atom. The van der Waals surface area contributed by atoms with Crippen LogP contribution in [0.5, 0.6) is 0 Å². The van der Waals surface area contributed by atoms with Gasteiger partial charge in [-0.2, -0.15) is 0 Å². The van der Waals surface area contributed by atoms with Crippen LogP contribution in [0.4, 0.5) is 0 Å². The molecule has 2 N–H and O–H groups in total. The van der Waals surface area contributed by atoms with E-state index in [0.717, 1.165) is 0 Å². The van der Waals surface area contributed by atoms with Crippen molar-refractivity contribution < 1.29 is 13.5 Å². The van der Waals surface area contributed by atoms with Gasteiger partial charge in [-0.1, -0.05) is 13.8 Å². The van der Waals surface area contributed by atoms with E-state index in [1.54, 1.807) is 6.92 Å². The average Bonchev–Trinajstić information content (AvgIpc) is 1.99. The van der Waals surface area contributed by atoms with Gasteiger partial charge in [0.05, 0.1) is 11.4 Å². The topological polar surface area (TPSA) is 66.4 Å². The number of hydrogen-bond acceptors (Lipinski definition) is 3. The third-order valence-corrected chi connectivity index (χ3v) is 3.61. The molecule has 6 heteroatoms. The largest absolute Gasteiger partial charge is 0.389 e. The predicted molar refractivity (Wildman–Crippen MR) is 62.6 cm³/mol. The molecule has 0 aliphatic heterocycles. The number of nitrogens with one attached hydrogen (secondary N) is 1. The minimum atomic E-state index is -3.34. The van der Waals surface area contributed by atoms with Crippen molar-refractivity contribution >= 4 is 21.6 Å². The summed E-state index contributed by atoms with van der Waals surface area (Å²) in [5.74, 6) is 0.256. The van der Waals surface area contributed by atoms with Gasteiger partial charge in [-0.3, -0.25) is 0 Å². The van der Waals surface area contributed by atoms with Gasteiger partial charge in [-0.15, -0.1) is 11.6 Å². The second kappa shape index (κ2) is 6.03. The maximum Gasteiger partial charge on any atom is 0.212 e. The highest BCUT2D eigenvalue weighted by Crippen LogP contribution is 2.15. The van der Waals surface area contributed by atoms with Crippen LogP contribution in [0.15, 0.2) is 0 Å². The number of aliphatic hydroxyl groups is 1. The third kappa shape index (κ3) is 8.02. The van der Waals surface area contributed by atoms with E-state index in [2.05, 4.69) is 4.72 Å². The van der Waals surface area contributed by atoms with Gasteiger partial charge in [0, 0.05) is 12.4 Å². The normalized spacial score (nSPS) is 16.7. The van der Waals surface area contributed by atoms with Gasteiger partial charge in [0.1, 0.15) is 0 Å². The van der Waals surface area contributed by atoms with Crippen LogP contribution in [0.2, 0.25) is 0 Å². The van der Waals surface area contributed by atoms with Crippen molar-refractivity contribution in [2.75, 3.05) is 18.2 Å². The maximum absolute atomic E-state index is 11.3. The van der Waals surface area contributed by atoms with Crippen LogP contribution in [0.25, 0.3) is 0 Å². The molecule has 0 heterocycles. The summed E-state index contributed by atoms with van der Waals surface area (Å²) in [4.78, 5) is 0. The standard InChI is InChI=1S/C9H20ClNO3S/c1-8(2)6-9(3,12)7-11-15(13,14)5-4-10/h8,11-12H,4-7H2,1-3H3. The van der Waals surface area contributed by atoms with E-state index in [-0.39, 0.29) is 18.2 Å². The van der Waals surface area contributed by atoms with Crippen LogP contribution in [0, 0.1) is 5.92 Å². The van der Waals surface area contributed by atoms with Gasteiger partial charge < -0.3 is 5.11 Å². The lowest BCUT2D eigenvalue weighted by atomic mass is 9.95. The molecule has 0 aromatic rings. The molecule has 0 saturated heterocycles. The average molecular weight is 258 g/mol. The molecule has 0 aliphatic carbocycles. The molecule has 15 heavy (non-hydrogen) atoms. The Morgan fingerprint density at radius 1 is 1.47 bits per heavy atom. The number of halogens is 1. The summed E-state index contributed by atoms with van der Waals surface area (Å²) in [6.07, 6.45) is 0.552. The van der Waals surface area contributed by atoms with Crippen molar-refractivity contribution in [3.8, 4) is 0 Å². The molecule has 92 valence electrons. The van der Waals surface area contributed by atoms with Crippen molar-refractivity contribution in [3.05, 3.63) is 0 Å². The first-order chi connectivity index (χ1) is 6.68. The summed E-state index contributed by atoms with van der Waals surface area (Å²) in [6, 6.07) is 0. The molecular formula is C9H20ClNO3S. The fraction of sp³-hybridized carbons (Fsp3) is 1.00. The van der Waals surface area contributed by atoms with Gasteiger partial charge in [0.15, 0.2) is 0 Å². The van der Waals surface area contributed by atoms with E-state index in [4.69, 9.17) is 11.6 Å². The summed E-state index contributed by atoms with van der Waals surface area (Å²) in [7, 11) is -3.34. The highest BCUT2D eigenvalue weighted by atomic mass is 35.5. The van der Waals surface area contributed by atoms with Crippen LogP contribution in [-0.4, -0.2) is 37.3 Å². The van der Waals surface area contributed by atoms with Gasteiger partial charge >= 0.3 is 0 Å². The van der Waals surface area contributed by atoms with Gasteiger partial charge in [0.25, 0.3) is 0 Å². The molecule has 4 nitrogen and oxygen atoms in total. The number of hydrogen-bond donors (Lipinski definition) is 2. The zero-order chi connectivity index (χ0) is 12.1. The van der Waals surface area contributed by atoms with Crippen molar-refractivity contribution in [1.29, 1.82) is 0 Å². The minimum Gasteiger partial charge on any atom is -0.389 e. The first-order valence-corrected chi connectivity index (χ1v) is 7.13. The van der Waals surface area contributed by atoms with Gasteiger partial charge in [0.2, 0.25) is 10.0 Å². The highest BCUT2D eigenvalue weighted by Gasteiger charge is 2.24. The highest BCUT2D eigenvalue weighted by molar-refractivity contribution is 7.89. The van der Waals surface area contributed by atoms with E-state index in [1.165, 1.54) is 0 Å². The van der Waals surface area contributed by atoms with E-state index < -0.39 is 15.6 Å². The second-order valence-electron chi connectivity index (χ2n) is 4.42. The summed E-state index contributed by atoms with van der Waals surface area (Å²) in [6.45, 7) is 5.60. The Balaban J connectivity index is 4.14. The Labute approximate surface area is 97.1 Å². The summed E-state index contributed by atoms with van der Waals surface area (Å²) >= 11 is 5.34. The first-order valence-electron chi connectivity index (χ1n) is 4.94. The summed E-state index contributed by atoms with van der Waals surface area (Å²) < 4.78 is 24.9. The van der Waals surface area contributed by atoms with Crippen molar-refractivity contribution in [2.24, 2.45) is 5.92 Å². The van der Waals surface area contributed by atoms with Crippen LogP contribution >= 0.6 is 11.6 Å². The van der Waals surface area contributed by atoms with E-state index in [0.29, 0.717) is 12.3 Å². The third-order valence-electron chi connectivity index (χ3n) is 1.87. The van der Waals surface area contributed by atoms with E-state index in [9.17, 15) is 13.5 Å².